The second-order valence-corrected chi connectivity index (χ2v) is 5.82. The summed E-state index contributed by atoms with van der Waals surface area (Å²) in [6.07, 6.45) is 1.70. The number of thioether (sulfide) groups is 1. The zero-order chi connectivity index (χ0) is 13.7. The number of hydrogen-bond donors (Lipinski definition) is 1. The zero-order valence-electron chi connectivity index (χ0n) is 11.9. The predicted molar refractivity (Wildman–Crippen MR) is 76.3 cm³/mol. The maximum Gasteiger partial charge on any atom is 0.244 e. The summed E-state index contributed by atoms with van der Waals surface area (Å²) in [5, 5.41) is 7.57. The smallest absolute Gasteiger partial charge is 0.244 e. The van der Waals surface area contributed by atoms with E-state index in [1.54, 1.807) is 0 Å². The third kappa shape index (κ3) is 3.12. The van der Waals surface area contributed by atoms with Crippen LogP contribution in [0.1, 0.15) is 51.4 Å². The van der Waals surface area contributed by atoms with Crippen LogP contribution in [0.5, 0.6) is 0 Å². The summed E-state index contributed by atoms with van der Waals surface area (Å²) in [4.78, 5) is 4.59. The van der Waals surface area contributed by atoms with Crippen LogP contribution in [-0.2, 0) is 10.3 Å². The summed E-state index contributed by atoms with van der Waals surface area (Å²) < 4.78 is 11.3. The average Bonchev–Trinajstić information content (AvgIpc) is 2.96. The molecule has 5 nitrogen and oxygen atoms in total. The Bertz CT molecular complexity index is 387. The molecule has 0 spiro atoms. The summed E-state index contributed by atoms with van der Waals surface area (Å²) in [6, 6.07) is 0.174. The van der Waals surface area contributed by atoms with Crippen LogP contribution >= 0.6 is 11.8 Å². The summed E-state index contributed by atoms with van der Waals surface area (Å²) >= 11 is 1.91. The first-order valence-electron chi connectivity index (χ1n) is 7.05. The number of ether oxygens (including phenoxy) is 1. The maximum atomic E-state index is 5.90. The van der Waals surface area contributed by atoms with Gasteiger partial charge in [-0.1, -0.05) is 19.0 Å². The van der Waals surface area contributed by atoms with Gasteiger partial charge in [-0.05, 0) is 19.8 Å². The fourth-order valence-electron chi connectivity index (χ4n) is 2.40. The highest BCUT2D eigenvalue weighted by molar-refractivity contribution is 7.99. The second kappa shape index (κ2) is 6.72. The molecule has 1 N–H and O–H groups in total. The molecule has 2 heterocycles. The van der Waals surface area contributed by atoms with Gasteiger partial charge in [0, 0.05) is 24.7 Å². The monoisotopic (exact) mass is 285 g/mol. The summed E-state index contributed by atoms with van der Waals surface area (Å²) in [7, 11) is 0. The van der Waals surface area contributed by atoms with E-state index in [2.05, 4.69) is 29.3 Å². The van der Waals surface area contributed by atoms with Crippen molar-refractivity contribution >= 4 is 11.8 Å². The van der Waals surface area contributed by atoms with Crippen LogP contribution in [0, 0.1) is 0 Å². The fourth-order valence-corrected chi connectivity index (χ4v) is 3.32. The average molecular weight is 285 g/mol. The van der Waals surface area contributed by atoms with E-state index >= 15 is 0 Å². The van der Waals surface area contributed by atoms with Gasteiger partial charge >= 0.3 is 0 Å². The van der Waals surface area contributed by atoms with Crippen molar-refractivity contribution in [3.63, 3.8) is 0 Å². The molecule has 1 atom stereocenters. The molecule has 2 rings (SSSR count). The normalized spacial score (nSPS) is 20.7. The van der Waals surface area contributed by atoms with Crippen molar-refractivity contribution in [2.24, 2.45) is 0 Å². The van der Waals surface area contributed by atoms with Gasteiger partial charge in [0.1, 0.15) is 5.60 Å². The molecule has 1 unspecified atom stereocenters. The van der Waals surface area contributed by atoms with Crippen LogP contribution in [-0.4, -0.2) is 34.8 Å². The lowest BCUT2D eigenvalue weighted by Gasteiger charge is -2.27. The number of rotatable bonds is 6. The first-order chi connectivity index (χ1) is 9.25. The molecule has 1 fully saturated rings. The molecule has 0 bridgehead atoms. The molecule has 1 aromatic heterocycles. The Morgan fingerprint density at radius 1 is 1.42 bits per heavy atom. The van der Waals surface area contributed by atoms with Gasteiger partial charge in [-0.25, -0.2) is 0 Å². The largest absolute Gasteiger partial charge is 0.367 e. The van der Waals surface area contributed by atoms with Gasteiger partial charge in [0.2, 0.25) is 11.7 Å². The lowest BCUT2D eigenvalue weighted by atomic mass is 9.96. The van der Waals surface area contributed by atoms with Crippen molar-refractivity contribution < 1.29 is 9.26 Å². The lowest BCUT2D eigenvalue weighted by Crippen LogP contribution is -2.32. The van der Waals surface area contributed by atoms with Gasteiger partial charge in [0.05, 0.1) is 6.04 Å². The number of hydrogen-bond acceptors (Lipinski definition) is 6. The molecule has 0 saturated carbocycles. The van der Waals surface area contributed by atoms with Gasteiger partial charge in [-0.3, -0.25) is 0 Å². The Labute approximate surface area is 118 Å². The number of nitrogens with zero attached hydrogens (tertiary/aromatic N) is 2. The predicted octanol–water partition coefficient (Wildman–Crippen LogP) is 2.50. The standard InChI is InChI=1S/C13H23N3O2S/c1-4-13(5-2,17-6-3)12-15-11(18-16-12)10-9-19-8-7-14-10/h10,14H,4-9H2,1-3H3. The molecule has 1 saturated heterocycles. The van der Waals surface area contributed by atoms with E-state index < -0.39 is 5.60 Å². The topological polar surface area (TPSA) is 60.2 Å². The van der Waals surface area contributed by atoms with Crippen molar-refractivity contribution in [3.05, 3.63) is 11.7 Å². The van der Waals surface area contributed by atoms with E-state index in [0.717, 1.165) is 30.9 Å². The van der Waals surface area contributed by atoms with Crippen molar-refractivity contribution in [2.45, 2.75) is 45.3 Å². The molecule has 0 aromatic carbocycles. The van der Waals surface area contributed by atoms with Crippen molar-refractivity contribution in [1.29, 1.82) is 0 Å². The van der Waals surface area contributed by atoms with E-state index in [9.17, 15) is 0 Å². The van der Waals surface area contributed by atoms with Gasteiger partial charge in [0.15, 0.2) is 0 Å². The Hall–Kier alpha value is -0.590. The Balaban J connectivity index is 2.17. The van der Waals surface area contributed by atoms with E-state index in [1.165, 1.54) is 0 Å². The van der Waals surface area contributed by atoms with Crippen LogP contribution in [0.4, 0.5) is 0 Å². The van der Waals surface area contributed by atoms with Crippen LogP contribution in [0.2, 0.25) is 0 Å². The second-order valence-electron chi connectivity index (χ2n) is 4.67. The molecule has 1 aliphatic rings. The Morgan fingerprint density at radius 2 is 2.21 bits per heavy atom. The minimum atomic E-state index is -0.404. The van der Waals surface area contributed by atoms with Crippen LogP contribution in [0.3, 0.4) is 0 Å². The molecular weight excluding hydrogens is 262 g/mol. The maximum absolute atomic E-state index is 5.90. The van der Waals surface area contributed by atoms with E-state index in [1.807, 2.05) is 18.7 Å². The third-order valence-corrected chi connectivity index (χ3v) is 4.69. The van der Waals surface area contributed by atoms with Crippen molar-refractivity contribution in [2.75, 3.05) is 24.7 Å². The van der Waals surface area contributed by atoms with Crippen LogP contribution in [0.15, 0.2) is 4.52 Å². The van der Waals surface area contributed by atoms with E-state index in [-0.39, 0.29) is 6.04 Å². The molecule has 108 valence electrons. The molecule has 19 heavy (non-hydrogen) atoms. The highest BCUT2D eigenvalue weighted by Gasteiger charge is 2.35. The Kier molecular flexibility index (Phi) is 5.24. The summed E-state index contributed by atoms with van der Waals surface area (Å²) in [5.74, 6) is 3.51. The number of aromatic nitrogens is 2. The fraction of sp³-hybridized carbons (Fsp3) is 0.846. The van der Waals surface area contributed by atoms with Gasteiger partial charge in [0.25, 0.3) is 0 Å². The molecule has 0 aliphatic carbocycles. The van der Waals surface area contributed by atoms with E-state index in [0.29, 0.717) is 18.3 Å². The summed E-state index contributed by atoms with van der Waals surface area (Å²) in [5.41, 5.74) is -0.404. The number of nitrogens with one attached hydrogen (secondary N) is 1. The molecule has 6 heteroatoms. The quantitative estimate of drug-likeness (QED) is 0.866. The van der Waals surface area contributed by atoms with Crippen LogP contribution < -0.4 is 5.32 Å². The molecule has 1 aromatic rings. The van der Waals surface area contributed by atoms with Gasteiger partial charge in [-0.2, -0.15) is 16.7 Å². The highest BCUT2D eigenvalue weighted by atomic mass is 32.2. The van der Waals surface area contributed by atoms with Crippen molar-refractivity contribution in [3.8, 4) is 0 Å². The molecule has 1 aliphatic heterocycles. The molecular formula is C13H23N3O2S. The van der Waals surface area contributed by atoms with Crippen molar-refractivity contribution in [1.82, 2.24) is 15.5 Å². The van der Waals surface area contributed by atoms with E-state index in [4.69, 9.17) is 9.26 Å². The minimum Gasteiger partial charge on any atom is -0.367 e. The Morgan fingerprint density at radius 3 is 2.79 bits per heavy atom. The molecule has 0 radical (unpaired) electrons. The first kappa shape index (κ1) is 14.8. The van der Waals surface area contributed by atoms with Gasteiger partial charge < -0.3 is 14.6 Å². The lowest BCUT2D eigenvalue weighted by molar-refractivity contribution is -0.0583. The van der Waals surface area contributed by atoms with Crippen LogP contribution in [0.25, 0.3) is 0 Å². The zero-order valence-corrected chi connectivity index (χ0v) is 12.8. The first-order valence-corrected chi connectivity index (χ1v) is 8.20. The third-order valence-electron chi connectivity index (χ3n) is 3.63. The summed E-state index contributed by atoms with van der Waals surface area (Å²) in [6.45, 7) is 7.85. The van der Waals surface area contributed by atoms with Gasteiger partial charge in [-0.15, -0.1) is 0 Å². The minimum absolute atomic E-state index is 0.174. The molecule has 0 amide bonds. The highest BCUT2D eigenvalue weighted by Crippen LogP contribution is 2.32. The SMILES string of the molecule is CCOC(CC)(CC)c1noc(C2CSCCN2)n1.